The maximum Gasteiger partial charge on any atom is 0.338 e. The zero-order valence-corrected chi connectivity index (χ0v) is 18.7. The molecular weight excluding hydrogens is 428 g/mol. The van der Waals surface area contributed by atoms with Gasteiger partial charge < -0.3 is 14.6 Å². The molecule has 164 valence electrons. The lowest BCUT2D eigenvalue weighted by Gasteiger charge is -2.25. The summed E-state index contributed by atoms with van der Waals surface area (Å²) < 4.78 is 12.6. The normalized spacial score (nSPS) is 15.8. The largest absolute Gasteiger partial charge is 0.507 e. The Morgan fingerprint density at radius 2 is 2.03 bits per heavy atom. The summed E-state index contributed by atoms with van der Waals surface area (Å²) >= 11 is 1.20. The Balaban J connectivity index is 1.98. The summed E-state index contributed by atoms with van der Waals surface area (Å²) in [6.07, 6.45) is 1.63. The van der Waals surface area contributed by atoms with Crippen LogP contribution in [0.15, 0.2) is 69.6 Å². The first-order chi connectivity index (χ1) is 15.4. The van der Waals surface area contributed by atoms with Crippen molar-refractivity contribution in [2.24, 2.45) is 4.99 Å². The molecule has 0 aliphatic carbocycles. The maximum absolute atomic E-state index is 13.5. The van der Waals surface area contributed by atoms with Crippen molar-refractivity contribution in [2.45, 2.75) is 19.9 Å². The monoisotopic (exact) mass is 450 g/mol. The highest BCUT2D eigenvalue weighted by Crippen LogP contribution is 2.32. The standard InChI is InChI=1S/C24H22N2O5S/c1-4-31-23(29)20-14(2)25-24-26(21(20)16-9-7-10-17(12-16)30-3)22(28)19(32-24)13-15-8-5-6-11-18(15)27/h5-13,21,27H,4H2,1-3H3/b19-13-. The van der Waals surface area contributed by atoms with Crippen molar-refractivity contribution < 1.29 is 19.4 Å². The third-order valence-corrected chi connectivity index (χ3v) is 6.13. The molecule has 3 aromatic rings. The highest BCUT2D eigenvalue weighted by atomic mass is 32.1. The van der Waals surface area contributed by atoms with Crippen LogP contribution < -0.4 is 19.6 Å². The third-order valence-electron chi connectivity index (χ3n) is 5.15. The Kier molecular flexibility index (Phi) is 5.96. The molecule has 0 radical (unpaired) electrons. The highest BCUT2D eigenvalue weighted by molar-refractivity contribution is 7.07. The number of carbonyl (C=O) groups is 1. The van der Waals surface area contributed by atoms with Gasteiger partial charge in [-0.1, -0.05) is 41.7 Å². The number of hydrogen-bond acceptors (Lipinski definition) is 7. The first kappa shape index (κ1) is 21.6. The quantitative estimate of drug-likeness (QED) is 0.604. The fraction of sp³-hybridized carbons (Fsp3) is 0.208. The van der Waals surface area contributed by atoms with Gasteiger partial charge >= 0.3 is 5.97 Å². The van der Waals surface area contributed by atoms with E-state index in [2.05, 4.69) is 4.99 Å². The average Bonchev–Trinajstić information content (AvgIpc) is 3.09. The van der Waals surface area contributed by atoms with Gasteiger partial charge in [0.25, 0.3) is 5.56 Å². The molecule has 1 aliphatic heterocycles. The molecule has 1 aliphatic rings. The number of allylic oxidation sites excluding steroid dienone is 1. The van der Waals surface area contributed by atoms with Gasteiger partial charge in [-0.15, -0.1) is 0 Å². The Hall–Kier alpha value is -3.65. The molecule has 2 heterocycles. The maximum atomic E-state index is 13.5. The molecule has 2 aromatic carbocycles. The number of benzene rings is 2. The van der Waals surface area contributed by atoms with E-state index in [0.29, 0.717) is 37.5 Å². The lowest BCUT2D eigenvalue weighted by Crippen LogP contribution is -2.39. The fourth-order valence-electron chi connectivity index (χ4n) is 3.67. The number of phenols is 1. The molecule has 1 atom stereocenters. The second-order valence-electron chi connectivity index (χ2n) is 7.14. The summed E-state index contributed by atoms with van der Waals surface area (Å²) in [5.74, 6) is 0.166. The van der Waals surface area contributed by atoms with E-state index in [0.717, 1.165) is 0 Å². The number of nitrogens with zero attached hydrogens (tertiary/aromatic N) is 2. The van der Waals surface area contributed by atoms with E-state index in [4.69, 9.17) is 9.47 Å². The molecule has 4 rings (SSSR count). The van der Waals surface area contributed by atoms with Crippen LogP contribution in [0.5, 0.6) is 11.5 Å². The number of rotatable bonds is 5. The van der Waals surface area contributed by atoms with Crippen molar-refractivity contribution in [3.8, 4) is 11.5 Å². The van der Waals surface area contributed by atoms with Crippen molar-refractivity contribution in [1.82, 2.24) is 4.57 Å². The van der Waals surface area contributed by atoms with Crippen LogP contribution in [-0.2, 0) is 9.53 Å². The number of aromatic nitrogens is 1. The molecule has 8 heteroatoms. The first-order valence-electron chi connectivity index (χ1n) is 10.1. The Labute approximate surface area is 188 Å². The molecule has 1 aromatic heterocycles. The SMILES string of the molecule is CCOC(=O)C1=C(C)N=c2s/c(=C\c3ccccc3O)c(=O)n2C1c1cccc(OC)c1. The van der Waals surface area contributed by atoms with Crippen LogP contribution in [0.2, 0.25) is 0 Å². The van der Waals surface area contributed by atoms with Crippen LogP contribution in [0.4, 0.5) is 0 Å². The number of methoxy groups -OCH3 is 1. The number of esters is 1. The predicted octanol–water partition coefficient (Wildman–Crippen LogP) is 2.51. The summed E-state index contributed by atoms with van der Waals surface area (Å²) in [5, 5.41) is 10.1. The van der Waals surface area contributed by atoms with Gasteiger partial charge in [-0.05, 0) is 43.7 Å². The minimum atomic E-state index is -0.716. The molecule has 0 saturated heterocycles. The second-order valence-corrected chi connectivity index (χ2v) is 8.15. The van der Waals surface area contributed by atoms with Crippen molar-refractivity contribution >= 4 is 23.4 Å². The number of ether oxygens (including phenoxy) is 2. The molecule has 32 heavy (non-hydrogen) atoms. The summed E-state index contributed by atoms with van der Waals surface area (Å²) in [6, 6.07) is 13.3. The highest BCUT2D eigenvalue weighted by Gasteiger charge is 2.33. The lowest BCUT2D eigenvalue weighted by molar-refractivity contribution is -0.139. The number of aromatic hydroxyl groups is 1. The minimum Gasteiger partial charge on any atom is -0.507 e. The van der Waals surface area contributed by atoms with Gasteiger partial charge in [0.2, 0.25) is 0 Å². The molecule has 1 unspecified atom stereocenters. The number of hydrogen-bond donors (Lipinski definition) is 1. The second kappa shape index (κ2) is 8.84. The number of fused-ring (bicyclic) bond motifs is 1. The Bertz CT molecular complexity index is 1400. The minimum absolute atomic E-state index is 0.0751. The van der Waals surface area contributed by atoms with Crippen molar-refractivity contribution in [3.05, 3.63) is 90.6 Å². The molecule has 0 spiro atoms. The van der Waals surface area contributed by atoms with Crippen molar-refractivity contribution in [1.29, 1.82) is 0 Å². The number of phenolic OH excluding ortho intramolecular Hbond substituents is 1. The van der Waals surface area contributed by atoms with E-state index in [1.807, 2.05) is 12.1 Å². The van der Waals surface area contributed by atoms with E-state index in [9.17, 15) is 14.7 Å². The van der Waals surface area contributed by atoms with E-state index < -0.39 is 12.0 Å². The predicted molar refractivity (Wildman–Crippen MR) is 121 cm³/mol. The van der Waals surface area contributed by atoms with E-state index >= 15 is 0 Å². The molecule has 1 N–H and O–H groups in total. The van der Waals surface area contributed by atoms with E-state index in [1.165, 1.54) is 15.9 Å². The van der Waals surface area contributed by atoms with Crippen LogP contribution in [0, 0.1) is 0 Å². The molecule has 0 fully saturated rings. The average molecular weight is 451 g/mol. The van der Waals surface area contributed by atoms with Crippen LogP contribution in [0.25, 0.3) is 6.08 Å². The Morgan fingerprint density at radius 1 is 1.25 bits per heavy atom. The molecule has 0 amide bonds. The third kappa shape index (κ3) is 3.85. The van der Waals surface area contributed by atoms with E-state index in [-0.39, 0.29) is 17.9 Å². The summed E-state index contributed by atoms with van der Waals surface area (Å²) in [6.45, 7) is 3.67. The zero-order valence-electron chi connectivity index (χ0n) is 17.9. The first-order valence-corrected chi connectivity index (χ1v) is 10.9. The van der Waals surface area contributed by atoms with Gasteiger partial charge in [0, 0.05) is 5.56 Å². The lowest BCUT2D eigenvalue weighted by atomic mass is 9.95. The summed E-state index contributed by atoms with van der Waals surface area (Å²) in [7, 11) is 1.56. The molecular formula is C24H22N2O5S. The fourth-order valence-corrected chi connectivity index (χ4v) is 4.71. The van der Waals surface area contributed by atoms with Crippen LogP contribution in [-0.4, -0.2) is 29.4 Å². The van der Waals surface area contributed by atoms with Crippen molar-refractivity contribution in [2.75, 3.05) is 13.7 Å². The summed E-state index contributed by atoms with van der Waals surface area (Å²) in [4.78, 5) is 31.4. The molecule has 7 nitrogen and oxygen atoms in total. The van der Waals surface area contributed by atoms with Gasteiger partial charge in [0.05, 0.1) is 35.6 Å². The van der Waals surface area contributed by atoms with Gasteiger partial charge in [-0.3, -0.25) is 9.36 Å². The summed E-state index contributed by atoms with van der Waals surface area (Å²) in [5.41, 5.74) is 1.72. The number of carbonyl (C=O) groups excluding carboxylic acids is 1. The van der Waals surface area contributed by atoms with Crippen LogP contribution in [0.1, 0.15) is 31.0 Å². The van der Waals surface area contributed by atoms with Crippen LogP contribution >= 0.6 is 11.3 Å². The molecule has 0 bridgehead atoms. The molecule has 0 saturated carbocycles. The van der Waals surface area contributed by atoms with Gasteiger partial charge in [0.15, 0.2) is 4.80 Å². The smallest absolute Gasteiger partial charge is 0.338 e. The van der Waals surface area contributed by atoms with Gasteiger partial charge in [-0.2, -0.15) is 0 Å². The zero-order chi connectivity index (χ0) is 22.8. The number of thiazole rings is 1. The van der Waals surface area contributed by atoms with E-state index in [1.54, 1.807) is 63.4 Å². The number of para-hydroxylation sites is 1. The van der Waals surface area contributed by atoms with Gasteiger partial charge in [0.1, 0.15) is 11.5 Å². The van der Waals surface area contributed by atoms with Crippen LogP contribution in [0.3, 0.4) is 0 Å². The topological polar surface area (TPSA) is 90.1 Å². The Morgan fingerprint density at radius 3 is 2.75 bits per heavy atom. The van der Waals surface area contributed by atoms with Gasteiger partial charge in [-0.25, -0.2) is 9.79 Å². The van der Waals surface area contributed by atoms with Crippen molar-refractivity contribution in [3.63, 3.8) is 0 Å².